The normalized spacial score (nSPS) is 8.85. The van der Waals surface area contributed by atoms with Gasteiger partial charge < -0.3 is 5.11 Å². The van der Waals surface area contributed by atoms with E-state index in [-0.39, 0.29) is 23.3 Å². The van der Waals surface area contributed by atoms with Crippen molar-refractivity contribution in [1.82, 2.24) is 0 Å². The first kappa shape index (κ1) is 9.02. The lowest BCUT2D eigenvalue weighted by molar-refractivity contribution is 0.471. The maximum Gasteiger partial charge on any atom is 0.145 e. The van der Waals surface area contributed by atoms with Crippen LogP contribution in [-0.2, 0) is 6.42 Å². The highest BCUT2D eigenvalue weighted by Crippen LogP contribution is 2.20. The molecule has 1 aromatic rings. The summed E-state index contributed by atoms with van der Waals surface area (Å²) >= 11 is 0. The van der Waals surface area contributed by atoms with Crippen molar-refractivity contribution >= 4 is 0 Å². The quantitative estimate of drug-likeness (QED) is 0.704. The largest absolute Gasteiger partial charge is 0.508 e. The number of aromatic hydroxyl groups is 1. The van der Waals surface area contributed by atoms with E-state index >= 15 is 0 Å². The zero-order valence-corrected chi connectivity index (χ0v) is 6.58. The molecule has 0 unspecified atom stereocenters. The van der Waals surface area contributed by atoms with Gasteiger partial charge in [0.15, 0.2) is 0 Å². The Morgan fingerprint density at radius 2 is 2.08 bits per heavy atom. The molecule has 1 rings (SSSR count). The first-order valence-electron chi connectivity index (χ1n) is 3.47. The van der Waals surface area contributed by atoms with Crippen LogP contribution in [0.15, 0.2) is 12.1 Å². The van der Waals surface area contributed by atoms with Gasteiger partial charge in [-0.1, -0.05) is 0 Å². The lowest BCUT2D eigenvalue weighted by Crippen LogP contribution is -1.92. The SMILES string of the molecule is N#CCc1cc(O)cc(C#N)c1F. The fourth-order valence-corrected chi connectivity index (χ4v) is 0.963. The standard InChI is InChI=1S/C9H5FN2O/c10-9-6(1-2-11)3-8(13)4-7(9)5-12/h3-4,13H,1H2. The smallest absolute Gasteiger partial charge is 0.145 e. The zero-order chi connectivity index (χ0) is 9.84. The van der Waals surface area contributed by atoms with E-state index < -0.39 is 5.82 Å². The molecule has 0 heterocycles. The zero-order valence-electron chi connectivity index (χ0n) is 6.58. The summed E-state index contributed by atoms with van der Waals surface area (Å²) in [5.74, 6) is -0.940. The van der Waals surface area contributed by atoms with Gasteiger partial charge in [-0.05, 0) is 6.07 Å². The summed E-state index contributed by atoms with van der Waals surface area (Å²) in [6.07, 6.45) is -0.158. The molecular formula is C9H5FN2O. The Morgan fingerprint density at radius 1 is 1.38 bits per heavy atom. The lowest BCUT2D eigenvalue weighted by atomic mass is 10.1. The van der Waals surface area contributed by atoms with Crippen molar-refractivity contribution in [2.24, 2.45) is 0 Å². The minimum absolute atomic E-state index is 0.0408. The van der Waals surface area contributed by atoms with Gasteiger partial charge in [-0.3, -0.25) is 0 Å². The number of rotatable bonds is 1. The molecule has 0 fully saturated rings. The summed E-state index contributed by atoms with van der Waals surface area (Å²) < 4.78 is 13.2. The number of hydrogen-bond donors (Lipinski definition) is 1. The molecule has 0 aliphatic carbocycles. The summed E-state index contributed by atoms with van der Waals surface area (Å²) in [6, 6.07) is 5.50. The summed E-state index contributed by atoms with van der Waals surface area (Å²) in [6.45, 7) is 0. The maximum absolute atomic E-state index is 13.2. The second-order valence-corrected chi connectivity index (χ2v) is 2.41. The Balaban J connectivity index is 3.31. The average Bonchev–Trinajstić information content (AvgIpc) is 2.11. The van der Waals surface area contributed by atoms with E-state index in [9.17, 15) is 4.39 Å². The Labute approximate surface area is 74.3 Å². The molecule has 0 spiro atoms. The Morgan fingerprint density at radius 3 is 2.62 bits per heavy atom. The molecule has 3 nitrogen and oxygen atoms in total. The molecule has 0 aromatic heterocycles. The number of nitriles is 2. The van der Waals surface area contributed by atoms with Crippen LogP contribution in [0, 0.1) is 28.5 Å². The highest BCUT2D eigenvalue weighted by molar-refractivity contribution is 5.42. The number of phenols is 1. The summed E-state index contributed by atoms with van der Waals surface area (Å²) in [5, 5.41) is 25.8. The summed E-state index contributed by atoms with van der Waals surface area (Å²) in [5.41, 5.74) is -0.204. The van der Waals surface area contributed by atoms with Crippen LogP contribution >= 0.6 is 0 Å². The third kappa shape index (κ3) is 1.74. The van der Waals surface area contributed by atoms with Gasteiger partial charge in [0, 0.05) is 11.6 Å². The third-order valence-corrected chi connectivity index (χ3v) is 1.52. The summed E-state index contributed by atoms with van der Waals surface area (Å²) in [7, 11) is 0. The van der Waals surface area contributed by atoms with E-state index in [4.69, 9.17) is 15.6 Å². The molecule has 0 saturated carbocycles. The van der Waals surface area contributed by atoms with Crippen LogP contribution in [0.2, 0.25) is 0 Å². The Hall–Kier alpha value is -2.07. The van der Waals surface area contributed by atoms with E-state index in [0.717, 1.165) is 12.1 Å². The molecule has 0 radical (unpaired) electrons. The van der Waals surface area contributed by atoms with E-state index in [1.807, 2.05) is 0 Å². The van der Waals surface area contributed by atoms with E-state index in [1.165, 1.54) is 0 Å². The number of hydrogen-bond acceptors (Lipinski definition) is 3. The average molecular weight is 176 g/mol. The van der Waals surface area contributed by atoms with E-state index in [2.05, 4.69) is 0 Å². The van der Waals surface area contributed by atoms with Crippen LogP contribution in [0.5, 0.6) is 5.75 Å². The Bertz CT molecular complexity index is 415. The molecular weight excluding hydrogens is 171 g/mol. The van der Waals surface area contributed by atoms with E-state index in [1.54, 1.807) is 12.1 Å². The molecule has 0 saturated heterocycles. The van der Waals surface area contributed by atoms with Crippen molar-refractivity contribution in [2.75, 3.05) is 0 Å². The van der Waals surface area contributed by atoms with Crippen molar-refractivity contribution in [3.8, 4) is 17.9 Å². The number of nitrogens with zero attached hydrogens (tertiary/aromatic N) is 2. The molecule has 0 bridgehead atoms. The highest BCUT2D eigenvalue weighted by atomic mass is 19.1. The second-order valence-electron chi connectivity index (χ2n) is 2.41. The van der Waals surface area contributed by atoms with Gasteiger partial charge in [-0.15, -0.1) is 0 Å². The first-order valence-corrected chi connectivity index (χ1v) is 3.47. The Kier molecular flexibility index (Phi) is 2.47. The predicted octanol–water partition coefficient (Wildman–Crippen LogP) is 1.47. The van der Waals surface area contributed by atoms with Gasteiger partial charge in [-0.25, -0.2) is 4.39 Å². The molecule has 0 aliphatic heterocycles. The van der Waals surface area contributed by atoms with Crippen LogP contribution < -0.4 is 0 Å². The molecule has 0 atom stereocenters. The second kappa shape index (κ2) is 3.55. The van der Waals surface area contributed by atoms with Crippen molar-refractivity contribution in [2.45, 2.75) is 6.42 Å². The molecule has 1 aromatic carbocycles. The fourth-order valence-electron chi connectivity index (χ4n) is 0.963. The van der Waals surface area contributed by atoms with Gasteiger partial charge in [0.05, 0.1) is 18.1 Å². The molecule has 0 amide bonds. The van der Waals surface area contributed by atoms with Gasteiger partial charge in [0.1, 0.15) is 17.6 Å². The maximum atomic E-state index is 13.2. The number of benzene rings is 1. The minimum atomic E-state index is -0.734. The van der Waals surface area contributed by atoms with Crippen molar-refractivity contribution < 1.29 is 9.50 Å². The third-order valence-electron chi connectivity index (χ3n) is 1.52. The van der Waals surface area contributed by atoms with Gasteiger partial charge in [0.2, 0.25) is 0 Å². The van der Waals surface area contributed by atoms with Crippen molar-refractivity contribution in [3.63, 3.8) is 0 Å². The van der Waals surface area contributed by atoms with Crippen LogP contribution in [0.4, 0.5) is 4.39 Å². The minimum Gasteiger partial charge on any atom is -0.508 e. The number of phenolic OH excluding ortho intramolecular Hbond substituents is 1. The van der Waals surface area contributed by atoms with Gasteiger partial charge in [-0.2, -0.15) is 10.5 Å². The van der Waals surface area contributed by atoms with Crippen LogP contribution in [-0.4, -0.2) is 5.11 Å². The van der Waals surface area contributed by atoms with Gasteiger partial charge in [0.25, 0.3) is 0 Å². The molecule has 13 heavy (non-hydrogen) atoms. The van der Waals surface area contributed by atoms with Gasteiger partial charge >= 0.3 is 0 Å². The van der Waals surface area contributed by atoms with Crippen LogP contribution in [0.1, 0.15) is 11.1 Å². The number of halogens is 1. The fraction of sp³-hybridized carbons (Fsp3) is 0.111. The van der Waals surface area contributed by atoms with Crippen molar-refractivity contribution in [3.05, 3.63) is 29.1 Å². The van der Waals surface area contributed by atoms with E-state index in [0.29, 0.717) is 0 Å². The lowest BCUT2D eigenvalue weighted by Gasteiger charge is -2.00. The molecule has 1 N–H and O–H groups in total. The monoisotopic (exact) mass is 176 g/mol. The molecule has 4 heteroatoms. The van der Waals surface area contributed by atoms with Crippen LogP contribution in [0.3, 0.4) is 0 Å². The van der Waals surface area contributed by atoms with Crippen molar-refractivity contribution in [1.29, 1.82) is 10.5 Å². The highest BCUT2D eigenvalue weighted by Gasteiger charge is 2.09. The molecule has 64 valence electrons. The predicted molar refractivity (Wildman–Crippen MR) is 42.1 cm³/mol. The topological polar surface area (TPSA) is 67.8 Å². The molecule has 0 aliphatic rings. The first-order chi connectivity index (χ1) is 6.19. The van der Waals surface area contributed by atoms with Crippen LogP contribution in [0.25, 0.3) is 0 Å². The summed E-state index contributed by atoms with van der Waals surface area (Å²) in [4.78, 5) is 0.